The first-order valence-corrected chi connectivity index (χ1v) is 8.61. The molecule has 0 aliphatic heterocycles. The molecule has 1 amide bonds. The van der Waals surface area contributed by atoms with Gasteiger partial charge in [-0.2, -0.15) is 0 Å². The second kappa shape index (κ2) is 8.30. The molecule has 2 aromatic carbocycles. The van der Waals surface area contributed by atoms with E-state index in [0.717, 1.165) is 5.56 Å². The minimum atomic E-state index is -0.594. The summed E-state index contributed by atoms with van der Waals surface area (Å²) in [5.41, 5.74) is 1.30. The zero-order valence-electron chi connectivity index (χ0n) is 13.3. The molecular formula is C16H14Br2N2O5. The minimum Gasteiger partial charge on any atom is -0.496 e. The normalized spacial score (nSPS) is 10.2. The summed E-state index contributed by atoms with van der Waals surface area (Å²) in [5, 5.41) is 13.8. The second-order valence-electron chi connectivity index (χ2n) is 5.03. The molecule has 0 bridgehead atoms. The average Bonchev–Trinajstić information content (AvgIpc) is 2.55. The zero-order valence-corrected chi connectivity index (χ0v) is 16.5. The Labute approximate surface area is 160 Å². The fraction of sp³-hybridized carbons (Fsp3) is 0.188. The van der Waals surface area contributed by atoms with Gasteiger partial charge in [0.25, 0.3) is 5.91 Å². The Balaban J connectivity index is 2.09. The quantitative estimate of drug-likeness (QED) is 0.494. The smallest absolute Gasteiger partial charge is 0.314 e. The molecule has 132 valence electrons. The summed E-state index contributed by atoms with van der Waals surface area (Å²) in [7, 11) is 1.41. The topological polar surface area (TPSA) is 90.7 Å². The van der Waals surface area contributed by atoms with E-state index in [-0.39, 0.29) is 18.0 Å². The highest BCUT2D eigenvalue weighted by atomic mass is 79.9. The van der Waals surface area contributed by atoms with Gasteiger partial charge in [-0.3, -0.25) is 14.9 Å². The van der Waals surface area contributed by atoms with Gasteiger partial charge in [-0.1, -0.05) is 0 Å². The van der Waals surface area contributed by atoms with Crippen molar-refractivity contribution >= 4 is 49.1 Å². The lowest BCUT2D eigenvalue weighted by Crippen LogP contribution is -2.21. The van der Waals surface area contributed by atoms with E-state index in [2.05, 4.69) is 37.2 Å². The number of aryl methyl sites for hydroxylation is 1. The van der Waals surface area contributed by atoms with Gasteiger partial charge < -0.3 is 14.8 Å². The first-order chi connectivity index (χ1) is 11.8. The first-order valence-electron chi connectivity index (χ1n) is 7.02. The number of carbonyl (C=O) groups excluding carboxylic acids is 1. The number of rotatable bonds is 6. The number of hydrogen-bond donors (Lipinski definition) is 1. The summed E-state index contributed by atoms with van der Waals surface area (Å²) >= 11 is 6.76. The Morgan fingerprint density at radius 3 is 2.44 bits per heavy atom. The number of nitrogens with one attached hydrogen (secondary N) is 1. The van der Waals surface area contributed by atoms with E-state index in [1.807, 2.05) is 19.1 Å². The van der Waals surface area contributed by atoms with Gasteiger partial charge in [-0.15, -0.1) is 0 Å². The highest BCUT2D eigenvalue weighted by molar-refractivity contribution is 9.11. The standard InChI is InChI=1S/C16H14Br2N2O5/c1-9-5-11(17)16(12(18)6-9)19-15(21)8-25-14-4-3-10(24-2)7-13(14)20(22)23/h3-7H,8H2,1-2H3,(H,19,21). The van der Waals surface area contributed by atoms with Crippen molar-refractivity contribution in [3.8, 4) is 11.5 Å². The van der Waals surface area contributed by atoms with Crippen LogP contribution in [0.5, 0.6) is 11.5 Å². The van der Waals surface area contributed by atoms with Gasteiger partial charge in [-0.25, -0.2) is 0 Å². The van der Waals surface area contributed by atoms with Crippen LogP contribution in [0.2, 0.25) is 0 Å². The number of methoxy groups -OCH3 is 1. The molecule has 9 heteroatoms. The minimum absolute atomic E-state index is 0.0111. The van der Waals surface area contributed by atoms with E-state index in [0.29, 0.717) is 20.4 Å². The highest BCUT2D eigenvalue weighted by Crippen LogP contribution is 2.33. The fourth-order valence-electron chi connectivity index (χ4n) is 2.03. The van der Waals surface area contributed by atoms with Crippen LogP contribution in [0, 0.1) is 17.0 Å². The number of carbonyl (C=O) groups is 1. The molecule has 7 nitrogen and oxygen atoms in total. The Morgan fingerprint density at radius 2 is 1.88 bits per heavy atom. The Morgan fingerprint density at radius 1 is 1.24 bits per heavy atom. The molecule has 0 fully saturated rings. The molecular weight excluding hydrogens is 460 g/mol. The zero-order chi connectivity index (χ0) is 18.6. The van der Waals surface area contributed by atoms with E-state index in [9.17, 15) is 14.9 Å². The molecule has 2 aromatic rings. The number of nitrogens with zero attached hydrogens (tertiary/aromatic N) is 1. The molecule has 0 spiro atoms. The van der Waals surface area contributed by atoms with Crippen LogP contribution in [0.15, 0.2) is 39.3 Å². The Bertz CT molecular complexity index is 803. The van der Waals surface area contributed by atoms with Crippen LogP contribution < -0.4 is 14.8 Å². The SMILES string of the molecule is COc1ccc(OCC(=O)Nc2c(Br)cc(C)cc2Br)c([N+](=O)[O-])c1. The third-order valence-electron chi connectivity index (χ3n) is 3.17. The predicted molar refractivity (Wildman–Crippen MR) is 100 cm³/mol. The van der Waals surface area contributed by atoms with Gasteiger partial charge in [0.05, 0.1) is 23.8 Å². The van der Waals surface area contributed by atoms with Crippen LogP contribution in [0.25, 0.3) is 0 Å². The van der Waals surface area contributed by atoms with Gasteiger partial charge in [0.1, 0.15) is 5.75 Å². The average molecular weight is 474 g/mol. The van der Waals surface area contributed by atoms with E-state index < -0.39 is 10.8 Å². The van der Waals surface area contributed by atoms with Crippen molar-refractivity contribution in [2.75, 3.05) is 19.0 Å². The summed E-state index contributed by atoms with van der Waals surface area (Å²) < 4.78 is 11.7. The van der Waals surface area contributed by atoms with E-state index in [4.69, 9.17) is 9.47 Å². The van der Waals surface area contributed by atoms with Crippen LogP contribution in [0.3, 0.4) is 0 Å². The van der Waals surface area contributed by atoms with E-state index >= 15 is 0 Å². The third-order valence-corrected chi connectivity index (χ3v) is 4.42. The van der Waals surface area contributed by atoms with Crippen molar-refractivity contribution in [2.45, 2.75) is 6.92 Å². The summed E-state index contributed by atoms with van der Waals surface area (Å²) in [4.78, 5) is 22.6. The lowest BCUT2D eigenvalue weighted by molar-refractivity contribution is -0.385. The van der Waals surface area contributed by atoms with Crippen LogP contribution in [-0.4, -0.2) is 24.5 Å². The van der Waals surface area contributed by atoms with Gasteiger partial charge in [0.2, 0.25) is 0 Å². The molecule has 0 radical (unpaired) electrons. The van der Waals surface area contributed by atoms with Gasteiger partial charge in [-0.05, 0) is 68.6 Å². The molecule has 0 aliphatic rings. The molecule has 1 N–H and O–H groups in total. The monoisotopic (exact) mass is 472 g/mol. The number of halogens is 2. The summed E-state index contributed by atoms with van der Waals surface area (Å²) in [6, 6.07) is 7.86. The number of nitro groups is 1. The molecule has 0 heterocycles. The van der Waals surface area contributed by atoms with E-state index in [1.165, 1.54) is 25.3 Å². The Kier molecular flexibility index (Phi) is 6.38. The van der Waals surface area contributed by atoms with Crippen molar-refractivity contribution in [1.82, 2.24) is 0 Å². The van der Waals surface area contributed by atoms with Crippen molar-refractivity contribution in [3.63, 3.8) is 0 Å². The lowest BCUT2D eigenvalue weighted by Gasteiger charge is -2.12. The van der Waals surface area contributed by atoms with Crippen LogP contribution in [0.4, 0.5) is 11.4 Å². The van der Waals surface area contributed by atoms with E-state index in [1.54, 1.807) is 0 Å². The molecule has 0 unspecified atom stereocenters. The number of benzene rings is 2. The maximum atomic E-state index is 12.1. The first kappa shape index (κ1) is 19.2. The number of hydrogen-bond acceptors (Lipinski definition) is 5. The van der Waals surface area contributed by atoms with Crippen molar-refractivity contribution in [3.05, 3.63) is 55.0 Å². The maximum Gasteiger partial charge on any atom is 0.314 e. The molecule has 0 atom stereocenters. The lowest BCUT2D eigenvalue weighted by atomic mass is 10.2. The van der Waals surface area contributed by atoms with Gasteiger partial charge >= 0.3 is 5.69 Å². The number of nitro benzene ring substituents is 1. The van der Waals surface area contributed by atoms with Crippen molar-refractivity contribution < 1.29 is 19.2 Å². The highest BCUT2D eigenvalue weighted by Gasteiger charge is 2.18. The van der Waals surface area contributed by atoms with Crippen molar-refractivity contribution in [2.24, 2.45) is 0 Å². The molecule has 0 saturated heterocycles. The predicted octanol–water partition coefficient (Wildman–Crippen LogP) is 4.45. The maximum absolute atomic E-state index is 12.1. The molecule has 0 saturated carbocycles. The van der Waals surface area contributed by atoms with Gasteiger partial charge in [0, 0.05) is 8.95 Å². The van der Waals surface area contributed by atoms with Crippen LogP contribution >= 0.6 is 31.9 Å². The summed E-state index contributed by atoms with van der Waals surface area (Å²) in [5.74, 6) is -0.130. The number of ether oxygens (including phenoxy) is 2. The van der Waals surface area contributed by atoms with Crippen LogP contribution in [-0.2, 0) is 4.79 Å². The number of amides is 1. The molecule has 25 heavy (non-hydrogen) atoms. The fourth-order valence-corrected chi connectivity index (χ4v) is 3.64. The Hall–Kier alpha value is -2.13. The summed E-state index contributed by atoms with van der Waals surface area (Å²) in [6.07, 6.45) is 0. The van der Waals surface area contributed by atoms with Crippen molar-refractivity contribution in [1.29, 1.82) is 0 Å². The van der Waals surface area contributed by atoms with Crippen LogP contribution in [0.1, 0.15) is 5.56 Å². The number of anilines is 1. The molecule has 2 rings (SSSR count). The van der Waals surface area contributed by atoms with Gasteiger partial charge in [0.15, 0.2) is 12.4 Å². The second-order valence-corrected chi connectivity index (χ2v) is 6.74. The largest absolute Gasteiger partial charge is 0.496 e. The molecule has 0 aliphatic carbocycles. The molecule has 0 aromatic heterocycles. The summed E-state index contributed by atoms with van der Waals surface area (Å²) in [6.45, 7) is 1.55. The third kappa shape index (κ3) is 4.93.